The molecule has 0 radical (unpaired) electrons. The lowest BCUT2D eigenvalue weighted by atomic mass is 10.1. The molecule has 1 heterocycles. The van der Waals surface area contributed by atoms with Crippen LogP contribution in [0.15, 0.2) is 0 Å². The van der Waals surface area contributed by atoms with Gasteiger partial charge in [-0.05, 0) is 6.92 Å². The van der Waals surface area contributed by atoms with E-state index in [1.54, 1.807) is 0 Å². The molecule has 6 heteroatoms. The van der Waals surface area contributed by atoms with Crippen LogP contribution in [-0.2, 0) is 29.3 Å². The number of hydrogen-bond donors (Lipinski definition) is 0. The molecule has 1 aliphatic heterocycles. The van der Waals surface area contributed by atoms with E-state index in [1.165, 1.54) is 14.0 Å². The van der Waals surface area contributed by atoms with Gasteiger partial charge in [0, 0.05) is 0 Å². The average molecular weight is 180 g/mol. The van der Waals surface area contributed by atoms with Crippen LogP contribution in [0.3, 0.4) is 0 Å². The summed E-state index contributed by atoms with van der Waals surface area (Å²) in [5.41, 5.74) is -1.21. The molecule has 1 rings (SSSR count). The van der Waals surface area contributed by atoms with E-state index < -0.39 is 22.9 Å². The van der Waals surface area contributed by atoms with Crippen molar-refractivity contribution in [2.24, 2.45) is 0 Å². The lowest BCUT2D eigenvalue weighted by Gasteiger charge is -2.14. The van der Waals surface area contributed by atoms with E-state index in [0.29, 0.717) is 0 Å². The van der Waals surface area contributed by atoms with Crippen LogP contribution < -0.4 is 0 Å². The molecular weight excluding hydrogens is 172 g/mol. The summed E-state index contributed by atoms with van der Waals surface area (Å²) in [6.45, 7) is 1.43. The molecule has 0 aromatic heterocycles. The van der Waals surface area contributed by atoms with Crippen LogP contribution in [0, 0.1) is 0 Å². The van der Waals surface area contributed by atoms with Crippen LogP contribution in [0.5, 0.6) is 0 Å². The Morgan fingerprint density at radius 2 is 2.36 bits per heavy atom. The number of rotatable bonds is 1. The number of esters is 1. The zero-order chi connectivity index (χ0) is 8.48. The summed E-state index contributed by atoms with van der Waals surface area (Å²) in [5.74, 6) is -0.580. The monoisotopic (exact) mass is 180 g/mol. The van der Waals surface area contributed by atoms with Crippen molar-refractivity contribution in [3.63, 3.8) is 0 Å². The highest BCUT2D eigenvalue weighted by Gasteiger charge is 2.44. The first-order valence-corrected chi connectivity index (χ1v) is 3.91. The van der Waals surface area contributed by atoms with Crippen molar-refractivity contribution >= 4 is 17.3 Å². The van der Waals surface area contributed by atoms with Crippen molar-refractivity contribution < 1.29 is 22.1 Å². The Labute approximate surface area is 66.5 Å². The lowest BCUT2D eigenvalue weighted by Crippen LogP contribution is -2.38. The minimum atomic E-state index is -1.82. The van der Waals surface area contributed by atoms with E-state index in [1.807, 2.05) is 0 Å². The van der Waals surface area contributed by atoms with E-state index in [9.17, 15) is 9.00 Å². The minimum Gasteiger partial charge on any atom is -0.467 e. The van der Waals surface area contributed by atoms with E-state index in [2.05, 4.69) is 13.1 Å². The highest BCUT2D eigenvalue weighted by Crippen LogP contribution is 2.22. The van der Waals surface area contributed by atoms with Gasteiger partial charge in [-0.15, -0.1) is 0 Å². The van der Waals surface area contributed by atoms with Gasteiger partial charge >= 0.3 is 17.3 Å². The molecule has 1 saturated heterocycles. The van der Waals surface area contributed by atoms with Crippen LogP contribution in [0.1, 0.15) is 6.92 Å². The lowest BCUT2D eigenvalue weighted by molar-refractivity contribution is -0.155. The van der Waals surface area contributed by atoms with Crippen LogP contribution in [-0.4, -0.2) is 29.5 Å². The van der Waals surface area contributed by atoms with Gasteiger partial charge in [0.2, 0.25) is 5.60 Å². The van der Waals surface area contributed by atoms with Crippen molar-refractivity contribution in [2.75, 3.05) is 13.7 Å². The van der Waals surface area contributed by atoms with Crippen LogP contribution in [0.25, 0.3) is 0 Å². The molecule has 0 aromatic carbocycles. The fraction of sp³-hybridized carbons (Fsp3) is 0.800. The smallest absolute Gasteiger partial charge is 0.341 e. The summed E-state index contributed by atoms with van der Waals surface area (Å²) in [5, 5.41) is 0. The molecule has 11 heavy (non-hydrogen) atoms. The fourth-order valence-electron chi connectivity index (χ4n) is 0.668. The average Bonchev–Trinajstić information content (AvgIpc) is 2.31. The SMILES string of the molecule is COC(=O)[C@@]1(C)CO[S@](=O)O1. The number of carbonyl (C=O) groups is 1. The Bertz CT molecular complexity index is 203. The minimum absolute atomic E-state index is 0.0354. The molecule has 0 bridgehead atoms. The van der Waals surface area contributed by atoms with Crippen LogP contribution >= 0.6 is 0 Å². The molecule has 0 spiro atoms. The van der Waals surface area contributed by atoms with E-state index >= 15 is 0 Å². The number of methoxy groups -OCH3 is 1. The van der Waals surface area contributed by atoms with Gasteiger partial charge in [0.1, 0.15) is 6.61 Å². The highest BCUT2D eigenvalue weighted by molar-refractivity contribution is 7.75. The molecule has 0 N–H and O–H groups in total. The summed E-state index contributed by atoms with van der Waals surface area (Å²) in [4.78, 5) is 10.9. The zero-order valence-electron chi connectivity index (χ0n) is 6.16. The molecule has 1 aliphatic rings. The topological polar surface area (TPSA) is 61.8 Å². The maximum absolute atomic E-state index is 10.9. The third-order valence-corrected chi connectivity index (χ3v) is 2.11. The van der Waals surface area contributed by atoms with Crippen LogP contribution in [0.4, 0.5) is 0 Å². The molecule has 64 valence electrons. The molecular formula is C5H8O5S. The van der Waals surface area contributed by atoms with Gasteiger partial charge in [-0.25, -0.2) is 8.98 Å². The molecule has 0 aliphatic carbocycles. The Hall–Kier alpha value is -0.460. The van der Waals surface area contributed by atoms with Crippen molar-refractivity contribution in [3.05, 3.63) is 0 Å². The van der Waals surface area contributed by atoms with Gasteiger partial charge in [0.05, 0.1) is 7.11 Å². The predicted molar refractivity (Wildman–Crippen MR) is 35.6 cm³/mol. The molecule has 0 amide bonds. The third-order valence-electron chi connectivity index (χ3n) is 1.30. The van der Waals surface area contributed by atoms with E-state index in [-0.39, 0.29) is 6.61 Å². The second-order valence-corrected chi connectivity index (χ2v) is 3.08. The molecule has 0 unspecified atom stereocenters. The van der Waals surface area contributed by atoms with E-state index in [4.69, 9.17) is 0 Å². The van der Waals surface area contributed by atoms with Crippen LogP contribution in [0.2, 0.25) is 0 Å². The Kier molecular flexibility index (Phi) is 2.26. The predicted octanol–water partition coefficient (Wildman–Crippen LogP) is -0.456. The maximum Gasteiger partial charge on any atom is 0.341 e. The standard InChI is InChI=1S/C5H8O5S/c1-5(4(6)8-2)3-9-11(7)10-5/h3H2,1-2H3/t5-,11+/m1/s1. The molecule has 0 saturated carbocycles. The third kappa shape index (κ3) is 1.58. The molecule has 5 nitrogen and oxygen atoms in total. The Morgan fingerprint density at radius 3 is 2.73 bits per heavy atom. The van der Waals surface area contributed by atoms with Crippen molar-refractivity contribution in [1.82, 2.24) is 0 Å². The van der Waals surface area contributed by atoms with Gasteiger partial charge in [0.15, 0.2) is 0 Å². The zero-order valence-corrected chi connectivity index (χ0v) is 6.97. The largest absolute Gasteiger partial charge is 0.467 e. The fourth-order valence-corrected chi connectivity index (χ4v) is 1.45. The first-order valence-electron chi connectivity index (χ1n) is 2.91. The Morgan fingerprint density at radius 1 is 1.73 bits per heavy atom. The second kappa shape index (κ2) is 2.88. The van der Waals surface area contributed by atoms with Gasteiger partial charge in [-0.2, -0.15) is 4.21 Å². The quantitative estimate of drug-likeness (QED) is 0.511. The van der Waals surface area contributed by atoms with Gasteiger partial charge in [-0.1, -0.05) is 0 Å². The molecule has 0 aromatic rings. The number of carbonyl (C=O) groups excluding carboxylic acids is 1. The van der Waals surface area contributed by atoms with Gasteiger partial charge < -0.3 is 4.74 Å². The number of hydrogen-bond acceptors (Lipinski definition) is 5. The summed E-state index contributed by atoms with van der Waals surface area (Å²) < 4.78 is 24.2. The van der Waals surface area contributed by atoms with E-state index in [0.717, 1.165) is 0 Å². The summed E-state index contributed by atoms with van der Waals surface area (Å²) in [6.07, 6.45) is 0. The summed E-state index contributed by atoms with van der Waals surface area (Å²) in [6, 6.07) is 0. The number of ether oxygens (including phenoxy) is 1. The molecule has 1 fully saturated rings. The normalized spacial score (nSPS) is 37.1. The first-order chi connectivity index (χ1) is 5.08. The van der Waals surface area contributed by atoms with Gasteiger partial charge in [-0.3, -0.25) is 4.18 Å². The molecule has 2 atom stereocenters. The summed E-state index contributed by atoms with van der Waals surface area (Å²) >= 11 is -1.82. The van der Waals surface area contributed by atoms with Crippen molar-refractivity contribution in [3.8, 4) is 0 Å². The van der Waals surface area contributed by atoms with Gasteiger partial charge in [0.25, 0.3) is 0 Å². The first kappa shape index (κ1) is 8.63. The van der Waals surface area contributed by atoms with Crippen molar-refractivity contribution in [1.29, 1.82) is 0 Å². The second-order valence-electron chi connectivity index (χ2n) is 2.27. The summed E-state index contributed by atoms with van der Waals surface area (Å²) in [7, 11) is 1.23. The maximum atomic E-state index is 10.9. The van der Waals surface area contributed by atoms with Crippen molar-refractivity contribution in [2.45, 2.75) is 12.5 Å². The Balaban J connectivity index is 2.69. The highest BCUT2D eigenvalue weighted by atomic mass is 32.2.